The van der Waals surface area contributed by atoms with E-state index in [1.165, 1.54) is 27.7 Å². The van der Waals surface area contributed by atoms with Crippen LogP contribution in [-0.4, -0.2) is 11.0 Å². The van der Waals surface area contributed by atoms with Crippen LogP contribution in [0.2, 0.25) is 0 Å². The predicted molar refractivity (Wildman–Crippen MR) is 69.7 cm³/mol. The number of hydrogen-bond donors (Lipinski definition) is 2. The second-order valence-corrected chi connectivity index (χ2v) is 4.74. The van der Waals surface area contributed by atoms with Crippen molar-refractivity contribution in [1.29, 1.82) is 0 Å². The van der Waals surface area contributed by atoms with E-state index in [4.69, 9.17) is 5.73 Å². The molecule has 0 spiro atoms. The average molecular weight is 216 g/mol. The molecule has 16 heavy (non-hydrogen) atoms. The van der Waals surface area contributed by atoms with Crippen LogP contribution in [0, 0.1) is 13.8 Å². The van der Waals surface area contributed by atoms with E-state index < -0.39 is 0 Å². The van der Waals surface area contributed by atoms with Gasteiger partial charge in [0.1, 0.15) is 0 Å². The minimum absolute atomic E-state index is 0.272. The Morgan fingerprint density at radius 2 is 2.06 bits per heavy atom. The third-order valence-electron chi connectivity index (χ3n) is 3.21. The highest BCUT2D eigenvalue weighted by Gasteiger charge is 2.09. The number of aryl methyl sites for hydroxylation is 3. The highest BCUT2D eigenvalue weighted by molar-refractivity contribution is 5.87. The maximum absolute atomic E-state index is 5.82. The van der Waals surface area contributed by atoms with Crippen molar-refractivity contribution in [1.82, 2.24) is 4.98 Å². The Morgan fingerprint density at radius 3 is 2.75 bits per heavy atom. The van der Waals surface area contributed by atoms with E-state index in [2.05, 4.69) is 44.0 Å². The molecule has 1 aromatic carbocycles. The molecule has 86 valence electrons. The molecule has 1 heterocycles. The zero-order valence-corrected chi connectivity index (χ0v) is 10.3. The summed E-state index contributed by atoms with van der Waals surface area (Å²) in [5, 5.41) is 1.36. The van der Waals surface area contributed by atoms with Gasteiger partial charge < -0.3 is 10.7 Å². The second-order valence-electron chi connectivity index (χ2n) is 4.74. The van der Waals surface area contributed by atoms with Gasteiger partial charge in [-0.3, -0.25) is 0 Å². The summed E-state index contributed by atoms with van der Waals surface area (Å²) >= 11 is 0. The van der Waals surface area contributed by atoms with Crippen LogP contribution in [0.1, 0.15) is 30.2 Å². The van der Waals surface area contributed by atoms with Crippen molar-refractivity contribution < 1.29 is 0 Å². The number of aromatic amines is 1. The summed E-state index contributed by atoms with van der Waals surface area (Å²) in [5.74, 6) is 0. The van der Waals surface area contributed by atoms with Gasteiger partial charge in [-0.05, 0) is 44.7 Å². The zero-order chi connectivity index (χ0) is 11.7. The quantitative estimate of drug-likeness (QED) is 0.813. The van der Waals surface area contributed by atoms with Crippen molar-refractivity contribution in [2.24, 2.45) is 5.73 Å². The molecule has 0 fully saturated rings. The highest BCUT2D eigenvalue weighted by atomic mass is 14.7. The fourth-order valence-corrected chi connectivity index (χ4v) is 2.24. The summed E-state index contributed by atoms with van der Waals surface area (Å²) in [7, 11) is 0. The van der Waals surface area contributed by atoms with Gasteiger partial charge in [-0.1, -0.05) is 18.2 Å². The van der Waals surface area contributed by atoms with Gasteiger partial charge in [0.05, 0.1) is 0 Å². The molecule has 0 saturated carbocycles. The van der Waals surface area contributed by atoms with E-state index in [9.17, 15) is 0 Å². The summed E-state index contributed by atoms with van der Waals surface area (Å²) in [6, 6.07) is 6.74. The molecule has 1 atom stereocenters. The van der Waals surface area contributed by atoms with Crippen LogP contribution in [0.5, 0.6) is 0 Å². The van der Waals surface area contributed by atoms with Crippen molar-refractivity contribution in [2.45, 2.75) is 39.7 Å². The van der Waals surface area contributed by atoms with Crippen LogP contribution in [0.25, 0.3) is 10.9 Å². The Labute approximate surface area is 96.9 Å². The predicted octanol–water partition coefficient (Wildman–Crippen LogP) is 3.06. The number of H-pyrrole nitrogens is 1. The largest absolute Gasteiger partial charge is 0.358 e. The van der Waals surface area contributed by atoms with Gasteiger partial charge in [0.25, 0.3) is 0 Å². The average Bonchev–Trinajstić information content (AvgIpc) is 2.53. The SMILES string of the molecule is Cc1[nH]c2c(C)cccc2c1CCC(C)N. The standard InChI is InChI=1S/C14H20N2/c1-9-5-4-6-13-12(8-7-10(2)15)11(3)16-14(9)13/h4-6,10,16H,7-8,15H2,1-3H3. The lowest BCUT2D eigenvalue weighted by molar-refractivity contribution is 0.666. The molecule has 0 amide bonds. The molecule has 0 aliphatic carbocycles. The number of fused-ring (bicyclic) bond motifs is 1. The summed E-state index contributed by atoms with van der Waals surface area (Å²) in [6.45, 7) is 6.36. The van der Waals surface area contributed by atoms with Crippen LogP contribution in [0.15, 0.2) is 18.2 Å². The van der Waals surface area contributed by atoms with E-state index in [0.29, 0.717) is 0 Å². The second kappa shape index (κ2) is 4.30. The zero-order valence-electron chi connectivity index (χ0n) is 10.3. The fraction of sp³-hybridized carbons (Fsp3) is 0.429. The van der Waals surface area contributed by atoms with Crippen molar-refractivity contribution >= 4 is 10.9 Å². The Hall–Kier alpha value is -1.28. The summed E-state index contributed by atoms with van der Waals surface area (Å²) in [4.78, 5) is 3.48. The van der Waals surface area contributed by atoms with Crippen molar-refractivity contribution in [2.75, 3.05) is 0 Å². The third-order valence-corrected chi connectivity index (χ3v) is 3.21. The molecular weight excluding hydrogens is 196 g/mol. The van der Waals surface area contributed by atoms with Gasteiger partial charge in [-0.2, -0.15) is 0 Å². The van der Waals surface area contributed by atoms with E-state index in [1.54, 1.807) is 0 Å². The summed E-state index contributed by atoms with van der Waals surface area (Å²) < 4.78 is 0. The molecule has 0 saturated heterocycles. The molecule has 2 rings (SSSR count). The molecular formula is C14H20N2. The summed E-state index contributed by atoms with van der Waals surface area (Å²) in [6.07, 6.45) is 2.11. The first-order valence-electron chi connectivity index (χ1n) is 5.92. The topological polar surface area (TPSA) is 41.8 Å². The molecule has 1 unspecified atom stereocenters. The Bertz CT molecular complexity index is 495. The van der Waals surface area contributed by atoms with E-state index in [-0.39, 0.29) is 6.04 Å². The van der Waals surface area contributed by atoms with Crippen LogP contribution >= 0.6 is 0 Å². The molecule has 0 aliphatic rings. The lowest BCUT2D eigenvalue weighted by Crippen LogP contribution is -2.15. The lowest BCUT2D eigenvalue weighted by atomic mass is 10.0. The molecule has 2 aromatic rings. The van der Waals surface area contributed by atoms with Gasteiger partial charge >= 0.3 is 0 Å². The fourth-order valence-electron chi connectivity index (χ4n) is 2.24. The lowest BCUT2D eigenvalue weighted by Gasteiger charge is -2.05. The molecule has 2 nitrogen and oxygen atoms in total. The maximum atomic E-state index is 5.82. The number of nitrogens with one attached hydrogen (secondary N) is 1. The van der Waals surface area contributed by atoms with Gasteiger partial charge in [0.2, 0.25) is 0 Å². The highest BCUT2D eigenvalue weighted by Crippen LogP contribution is 2.25. The number of aromatic nitrogens is 1. The van der Waals surface area contributed by atoms with Crippen LogP contribution in [0.3, 0.4) is 0 Å². The Balaban J connectivity index is 2.44. The number of rotatable bonds is 3. The first-order valence-corrected chi connectivity index (χ1v) is 5.92. The van der Waals surface area contributed by atoms with Crippen molar-refractivity contribution in [3.63, 3.8) is 0 Å². The molecule has 0 radical (unpaired) electrons. The number of para-hydroxylation sites is 1. The van der Waals surface area contributed by atoms with E-state index in [0.717, 1.165) is 12.8 Å². The summed E-state index contributed by atoms with van der Waals surface area (Å²) in [5.41, 5.74) is 11.1. The van der Waals surface area contributed by atoms with Crippen molar-refractivity contribution in [3.8, 4) is 0 Å². The van der Waals surface area contributed by atoms with E-state index in [1.807, 2.05) is 0 Å². The van der Waals surface area contributed by atoms with Gasteiger partial charge in [-0.25, -0.2) is 0 Å². The number of hydrogen-bond acceptors (Lipinski definition) is 1. The Kier molecular flexibility index (Phi) is 3.01. The first-order chi connectivity index (χ1) is 7.59. The number of nitrogens with two attached hydrogens (primary N) is 1. The smallest absolute Gasteiger partial charge is 0.0488 e. The third kappa shape index (κ3) is 1.98. The first kappa shape index (κ1) is 11.2. The van der Waals surface area contributed by atoms with Crippen LogP contribution in [-0.2, 0) is 6.42 Å². The van der Waals surface area contributed by atoms with Crippen molar-refractivity contribution in [3.05, 3.63) is 35.0 Å². The molecule has 3 N–H and O–H groups in total. The monoisotopic (exact) mass is 216 g/mol. The molecule has 1 aromatic heterocycles. The molecule has 0 aliphatic heterocycles. The molecule has 2 heteroatoms. The normalized spacial score (nSPS) is 13.2. The minimum atomic E-state index is 0.272. The van der Waals surface area contributed by atoms with Gasteiger partial charge in [0.15, 0.2) is 0 Å². The maximum Gasteiger partial charge on any atom is 0.0488 e. The van der Waals surface area contributed by atoms with Gasteiger partial charge in [0, 0.05) is 22.6 Å². The van der Waals surface area contributed by atoms with Gasteiger partial charge in [-0.15, -0.1) is 0 Å². The number of benzene rings is 1. The van der Waals surface area contributed by atoms with Crippen LogP contribution in [0.4, 0.5) is 0 Å². The minimum Gasteiger partial charge on any atom is -0.358 e. The molecule has 0 bridgehead atoms. The Morgan fingerprint density at radius 1 is 1.31 bits per heavy atom. The van der Waals surface area contributed by atoms with Crippen LogP contribution < -0.4 is 5.73 Å². The van der Waals surface area contributed by atoms with E-state index >= 15 is 0 Å².